The van der Waals surface area contributed by atoms with Gasteiger partial charge in [-0.05, 0) is 11.6 Å². The van der Waals surface area contributed by atoms with E-state index in [1.165, 1.54) is 25.0 Å². The Morgan fingerprint density at radius 2 is 2.14 bits per heavy atom. The summed E-state index contributed by atoms with van der Waals surface area (Å²) in [7, 11) is 1.31. The first-order valence-electron chi connectivity index (χ1n) is 6.43. The van der Waals surface area contributed by atoms with Gasteiger partial charge >= 0.3 is 5.97 Å². The highest BCUT2D eigenvalue weighted by molar-refractivity contribution is 5.82. The molecule has 0 fully saturated rings. The van der Waals surface area contributed by atoms with Crippen LogP contribution < -0.4 is 4.74 Å². The second-order valence-electron chi connectivity index (χ2n) is 5.07. The summed E-state index contributed by atoms with van der Waals surface area (Å²) in [5, 5.41) is 18.4. The zero-order chi connectivity index (χ0) is 15.7. The maximum atomic E-state index is 14.0. The van der Waals surface area contributed by atoms with Crippen molar-refractivity contribution >= 4 is 11.9 Å². The molecule has 2 N–H and O–H groups in total. The lowest BCUT2D eigenvalue weighted by molar-refractivity contribution is -0.145. The number of halogens is 1. The number of carbonyl (C=O) groups excluding carboxylic acids is 1. The number of aliphatic carboxylic acids is 1. The summed E-state index contributed by atoms with van der Waals surface area (Å²) in [6, 6.07) is 1.49. The number of amides is 1. The first-order valence-corrected chi connectivity index (χ1v) is 6.43. The number of ether oxygens (including phenoxy) is 1. The van der Waals surface area contributed by atoms with Crippen molar-refractivity contribution < 1.29 is 28.9 Å². The highest BCUT2D eigenvalue weighted by atomic mass is 19.1. The quantitative estimate of drug-likeness (QED) is 0.879. The lowest BCUT2D eigenvalue weighted by atomic mass is 10.1. The van der Waals surface area contributed by atoms with Gasteiger partial charge in [0.2, 0.25) is 5.91 Å². The van der Waals surface area contributed by atoms with Crippen molar-refractivity contribution in [2.45, 2.75) is 26.4 Å². The summed E-state index contributed by atoms with van der Waals surface area (Å²) < 4.78 is 18.9. The Bertz CT molecular complexity index is 602. The third kappa shape index (κ3) is 2.76. The Kier molecular flexibility index (Phi) is 4.02. The second kappa shape index (κ2) is 5.59. The van der Waals surface area contributed by atoms with Crippen LogP contribution in [0.25, 0.3) is 0 Å². The van der Waals surface area contributed by atoms with Gasteiger partial charge in [-0.15, -0.1) is 0 Å². The molecule has 1 aromatic carbocycles. The van der Waals surface area contributed by atoms with Crippen LogP contribution in [0.15, 0.2) is 6.07 Å². The summed E-state index contributed by atoms with van der Waals surface area (Å²) in [5.74, 6) is -3.58. The van der Waals surface area contributed by atoms with Crippen LogP contribution in [0.5, 0.6) is 11.5 Å². The van der Waals surface area contributed by atoms with Gasteiger partial charge in [0.25, 0.3) is 0 Å². The number of methoxy groups -OCH3 is 1. The lowest BCUT2D eigenvalue weighted by Crippen LogP contribution is -2.28. The van der Waals surface area contributed by atoms with E-state index >= 15 is 0 Å². The third-order valence-electron chi connectivity index (χ3n) is 3.58. The first-order chi connectivity index (χ1) is 9.85. The van der Waals surface area contributed by atoms with E-state index in [1.807, 2.05) is 0 Å². The van der Waals surface area contributed by atoms with Crippen molar-refractivity contribution in [3.05, 3.63) is 23.0 Å². The van der Waals surface area contributed by atoms with Crippen molar-refractivity contribution in [1.82, 2.24) is 4.90 Å². The van der Waals surface area contributed by atoms with Gasteiger partial charge in [0.05, 0.1) is 13.0 Å². The molecular formula is C14H16FNO5. The molecular weight excluding hydrogens is 281 g/mol. The molecule has 1 aliphatic rings. The van der Waals surface area contributed by atoms with Gasteiger partial charge in [-0.25, -0.2) is 4.39 Å². The number of fused-ring (bicyclic) bond motifs is 1. The molecule has 1 amide bonds. The molecule has 0 unspecified atom stereocenters. The van der Waals surface area contributed by atoms with Crippen LogP contribution in [0.4, 0.5) is 4.39 Å². The molecule has 0 spiro atoms. The van der Waals surface area contributed by atoms with Crippen LogP contribution in [0, 0.1) is 11.7 Å². The molecule has 21 heavy (non-hydrogen) atoms. The summed E-state index contributed by atoms with van der Waals surface area (Å²) in [6.45, 7) is 1.64. The molecule has 0 aliphatic carbocycles. The maximum Gasteiger partial charge on any atom is 0.306 e. The van der Waals surface area contributed by atoms with E-state index in [2.05, 4.69) is 0 Å². The number of phenolic OH excluding ortho intramolecular Hbond substituents is 1. The molecule has 1 heterocycles. The van der Waals surface area contributed by atoms with E-state index in [0.717, 1.165) is 0 Å². The summed E-state index contributed by atoms with van der Waals surface area (Å²) in [6.07, 6.45) is -0.145. The minimum Gasteiger partial charge on any atom is -0.502 e. The number of carboxylic acids is 1. The van der Waals surface area contributed by atoms with Gasteiger partial charge < -0.3 is 19.8 Å². The van der Waals surface area contributed by atoms with E-state index in [4.69, 9.17) is 9.84 Å². The SMILES string of the molecule is COc1cc2c(c(F)c1O)CN(C(=O)C[C@H](C)C(=O)O)C2. The number of carbonyl (C=O) groups is 2. The molecule has 7 heteroatoms. The first kappa shape index (κ1) is 15.1. The standard InChI is InChI=1S/C14H16FNO5/c1-7(14(19)20)3-11(17)16-5-8-4-10(21-2)13(18)12(15)9(8)6-16/h4,7,18H,3,5-6H2,1-2H3,(H,19,20)/t7-/m0/s1. The van der Waals surface area contributed by atoms with Crippen LogP contribution in [0.3, 0.4) is 0 Å². The number of hydrogen-bond acceptors (Lipinski definition) is 4. The van der Waals surface area contributed by atoms with Gasteiger partial charge in [-0.2, -0.15) is 0 Å². The van der Waals surface area contributed by atoms with Crippen LogP contribution in [0.1, 0.15) is 24.5 Å². The van der Waals surface area contributed by atoms with Crippen LogP contribution >= 0.6 is 0 Å². The predicted molar refractivity (Wildman–Crippen MR) is 70.3 cm³/mol. The Balaban J connectivity index is 2.18. The van der Waals surface area contributed by atoms with Crippen LogP contribution in [-0.2, 0) is 22.7 Å². The lowest BCUT2D eigenvalue weighted by Gasteiger charge is -2.16. The number of hydrogen-bond donors (Lipinski definition) is 2. The smallest absolute Gasteiger partial charge is 0.306 e. The van der Waals surface area contributed by atoms with Crippen molar-refractivity contribution in [1.29, 1.82) is 0 Å². The maximum absolute atomic E-state index is 14.0. The minimum atomic E-state index is -1.05. The van der Waals surface area contributed by atoms with Gasteiger partial charge in [-0.3, -0.25) is 9.59 Å². The van der Waals surface area contributed by atoms with Gasteiger partial charge in [-0.1, -0.05) is 6.92 Å². The summed E-state index contributed by atoms with van der Waals surface area (Å²) in [4.78, 5) is 24.2. The summed E-state index contributed by atoms with van der Waals surface area (Å²) >= 11 is 0. The molecule has 114 valence electrons. The van der Waals surface area contributed by atoms with Crippen LogP contribution in [-0.4, -0.2) is 34.1 Å². The number of rotatable bonds is 4. The average Bonchev–Trinajstić information content (AvgIpc) is 2.86. The Morgan fingerprint density at radius 3 is 2.71 bits per heavy atom. The number of phenols is 1. The molecule has 0 bridgehead atoms. The Hall–Kier alpha value is -2.31. The molecule has 1 atom stereocenters. The van der Waals surface area contributed by atoms with Gasteiger partial charge in [0.15, 0.2) is 17.3 Å². The zero-order valence-electron chi connectivity index (χ0n) is 11.7. The average molecular weight is 297 g/mol. The fraction of sp³-hybridized carbons (Fsp3) is 0.429. The van der Waals surface area contributed by atoms with Gasteiger partial charge in [0.1, 0.15) is 0 Å². The van der Waals surface area contributed by atoms with Crippen molar-refractivity contribution in [2.24, 2.45) is 5.92 Å². The summed E-state index contributed by atoms with van der Waals surface area (Å²) in [5.41, 5.74) is 0.795. The normalized spacial score (nSPS) is 14.7. The van der Waals surface area contributed by atoms with E-state index < -0.39 is 23.5 Å². The highest BCUT2D eigenvalue weighted by Crippen LogP contribution is 2.37. The minimum absolute atomic E-state index is 0.0134. The fourth-order valence-corrected chi connectivity index (χ4v) is 2.28. The third-order valence-corrected chi connectivity index (χ3v) is 3.58. The Labute approximate surface area is 120 Å². The van der Waals surface area contributed by atoms with Crippen molar-refractivity contribution in [3.8, 4) is 11.5 Å². The molecule has 0 radical (unpaired) electrons. The number of carboxylic acid groups (broad SMARTS) is 1. The monoisotopic (exact) mass is 297 g/mol. The topological polar surface area (TPSA) is 87.1 Å². The van der Waals surface area contributed by atoms with E-state index in [9.17, 15) is 19.1 Å². The Morgan fingerprint density at radius 1 is 1.48 bits per heavy atom. The van der Waals surface area contributed by atoms with E-state index in [1.54, 1.807) is 0 Å². The van der Waals surface area contributed by atoms with Crippen molar-refractivity contribution in [3.63, 3.8) is 0 Å². The highest BCUT2D eigenvalue weighted by Gasteiger charge is 2.30. The largest absolute Gasteiger partial charge is 0.502 e. The molecule has 2 rings (SSSR count). The number of aromatic hydroxyl groups is 1. The number of nitrogens with zero attached hydrogens (tertiary/aromatic N) is 1. The molecule has 0 saturated heterocycles. The molecule has 1 aliphatic heterocycles. The molecule has 6 nitrogen and oxygen atoms in total. The fourth-order valence-electron chi connectivity index (χ4n) is 2.28. The van der Waals surface area contributed by atoms with Crippen LogP contribution in [0.2, 0.25) is 0 Å². The predicted octanol–water partition coefficient (Wildman–Crippen LogP) is 1.49. The molecule has 0 saturated carbocycles. The van der Waals surface area contributed by atoms with Crippen molar-refractivity contribution in [2.75, 3.05) is 7.11 Å². The van der Waals surface area contributed by atoms with E-state index in [-0.39, 0.29) is 36.7 Å². The van der Waals surface area contributed by atoms with E-state index in [0.29, 0.717) is 5.56 Å². The number of benzene rings is 1. The van der Waals surface area contributed by atoms with Gasteiger partial charge in [0, 0.05) is 25.1 Å². The molecule has 1 aromatic rings. The second-order valence-corrected chi connectivity index (χ2v) is 5.07. The zero-order valence-corrected chi connectivity index (χ0v) is 11.7. The molecule has 0 aromatic heterocycles.